The van der Waals surface area contributed by atoms with Gasteiger partial charge in [-0.2, -0.15) is 0 Å². The smallest absolute Gasteiger partial charge is 0.138 e. The zero-order valence-corrected chi connectivity index (χ0v) is 12.6. The molecule has 0 saturated heterocycles. The number of anilines is 3. The molecule has 0 aliphatic carbocycles. The molecule has 0 saturated carbocycles. The van der Waals surface area contributed by atoms with E-state index < -0.39 is 0 Å². The predicted octanol–water partition coefficient (Wildman–Crippen LogP) is 3.55. The van der Waals surface area contributed by atoms with Gasteiger partial charge in [-0.3, -0.25) is 0 Å². The van der Waals surface area contributed by atoms with E-state index in [1.54, 1.807) is 0 Å². The third-order valence-electron chi connectivity index (χ3n) is 3.25. The molecule has 2 rings (SSSR count). The molecule has 106 valence electrons. The summed E-state index contributed by atoms with van der Waals surface area (Å²) >= 11 is 0. The quantitative estimate of drug-likeness (QED) is 0.902. The second-order valence-electron chi connectivity index (χ2n) is 4.92. The van der Waals surface area contributed by atoms with E-state index in [0.717, 1.165) is 36.0 Å². The van der Waals surface area contributed by atoms with Crippen LogP contribution in [0.15, 0.2) is 30.3 Å². The van der Waals surface area contributed by atoms with Crippen LogP contribution in [0.1, 0.15) is 24.7 Å². The summed E-state index contributed by atoms with van der Waals surface area (Å²) in [6, 6.07) is 10.4. The van der Waals surface area contributed by atoms with Crippen LogP contribution in [0.25, 0.3) is 0 Å². The molecule has 1 N–H and O–H groups in total. The lowest BCUT2D eigenvalue weighted by Crippen LogP contribution is -2.13. The molecule has 0 radical (unpaired) electrons. The van der Waals surface area contributed by atoms with E-state index in [1.165, 1.54) is 5.56 Å². The van der Waals surface area contributed by atoms with Crippen molar-refractivity contribution >= 4 is 17.3 Å². The third kappa shape index (κ3) is 3.26. The largest absolute Gasteiger partial charge is 0.373 e. The number of nitrogens with one attached hydrogen (secondary N) is 1. The molecule has 1 heterocycles. The molecule has 0 aliphatic rings. The van der Waals surface area contributed by atoms with Gasteiger partial charge in [0.05, 0.1) is 0 Å². The van der Waals surface area contributed by atoms with Crippen LogP contribution in [-0.2, 0) is 6.42 Å². The minimum atomic E-state index is 0.859. The van der Waals surface area contributed by atoms with Gasteiger partial charge >= 0.3 is 0 Å². The number of aromatic nitrogens is 2. The normalized spacial score (nSPS) is 10.4. The standard InChI is InChI=1S/C16H22N4/c1-5-6-14-18-15(17-3)11-16(19-14)20(4)13-9-7-12(2)8-10-13/h7-11H,5-6H2,1-4H3,(H,17,18,19). The lowest BCUT2D eigenvalue weighted by atomic mass is 10.2. The molecule has 0 unspecified atom stereocenters. The molecular formula is C16H22N4. The maximum atomic E-state index is 4.64. The van der Waals surface area contributed by atoms with E-state index in [2.05, 4.69) is 58.3 Å². The second kappa shape index (κ2) is 6.37. The Morgan fingerprint density at radius 3 is 2.45 bits per heavy atom. The van der Waals surface area contributed by atoms with Crippen LogP contribution in [0.2, 0.25) is 0 Å². The average molecular weight is 270 g/mol. The Balaban J connectivity index is 2.34. The molecular weight excluding hydrogens is 248 g/mol. The van der Waals surface area contributed by atoms with E-state index in [9.17, 15) is 0 Å². The van der Waals surface area contributed by atoms with Gasteiger partial charge in [0, 0.05) is 32.3 Å². The second-order valence-corrected chi connectivity index (χ2v) is 4.92. The average Bonchev–Trinajstić information content (AvgIpc) is 2.47. The summed E-state index contributed by atoms with van der Waals surface area (Å²) in [4.78, 5) is 11.2. The van der Waals surface area contributed by atoms with Crippen molar-refractivity contribution in [1.82, 2.24) is 9.97 Å². The first kappa shape index (κ1) is 14.3. The fraction of sp³-hybridized carbons (Fsp3) is 0.375. The maximum absolute atomic E-state index is 4.64. The van der Waals surface area contributed by atoms with Crippen LogP contribution in [0.4, 0.5) is 17.3 Å². The first-order valence-electron chi connectivity index (χ1n) is 7.00. The fourth-order valence-electron chi connectivity index (χ4n) is 2.02. The minimum Gasteiger partial charge on any atom is -0.373 e. The first-order chi connectivity index (χ1) is 9.63. The summed E-state index contributed by atoms with van der Waals surface area (Å²) in [6.45, 7) is 4.23. The van der Waals surface area contributed by atoms with Gasteiger partial charge in [0.1, 0.15) is 17.5 Å². The monoisotopic (exact) mass is 270 g/mol. The van der Waals surface area contributed by atoms with Crippen molar-refractivity contribution in [2.45, 2.75) is 26.7 Å². The molecule has 4 heteroatoms. The van der Waals surface area contributed by atoms with Crippen LogP contribution >= 0.6 is 0 Å². The summed E-state index contributed by atoms with van der Waals surface area (Å²) in [5, 5.41) is 3.10. The highest BCUT2D eigenvalue weighted by atomic mass is 15.2. The molecule has 20 heavy (non-hydrogen) atoms. The summed E-state index contributed by atoms with van der Waals surface area (Å²) in [5.41, 5.74) is 2.38. The molecule has 4 nitrogen and oxygen atoms in total. The lowest BCUT2D eigenvalue weighted by molar-refractivity contribution is 0.832. The Morgan fingerprint density at radius 2 is 1.85 bits per heavy atom. The molecule has 1 aromatic heterocycles. The molecule has 0 fully saturated rings. The number of hydrogen-bond acceptors (Lipinski definition) is 4. The van der Waals surface area contributed by atoms with E-state index in [4.69, 9.17) is 0 Å². The molecule has 0 atom stereocenters. The van der Waals surface area contributed by atoms with Gasteiger partial charge in [-0.15, -0.1) is 0 Å². The van der Waals surface area contributed by atoms with Crippen molar-refractivity contribution in [3.63, 3.8) is 0 Å². The number of hydrogen-bond donors (Lipinski definition) is 1. The number of nitrogens with zero attached hydrogens (tertiary/aromatic N) is 3. The summed E-state index contributed by atoms with van der Waals surface area (Å²) in [6.07, 6.45) is 1.94. The van der Waals surface area contributed by atoms with Crippen molar-refractivity contribution in [2.75, 3.05) is 24.3 Å². The maximum Gasteiger partial charge on any atom is 0.138 e. The van der Waals surface area contributed by atoms with Crippen molar-refractivity contribution < 1.29 is 0 Å². The predicted molar refractivity (Wildman–Crippen MR) is 84.8 cm³/mol. The molecule has 1 aromatic carbocycles. The molecule has 2 aromatic rings. The zero-order chi connectivity index (χ0) is 14.5. The Hall–Kier alpha value is -2.10. The molecule has 0 aliphatic heterocycles. The molecule has 0 spiro atoms. The highest BCUT2D eigenvalue weighted by molar-refractivity contribution is 5.62. The van der Waals surface area contributed by atoms with Crippen molar-refractivity contribution in [1.29, 1.82) is 0 Å². The summed E-state index contributed by atoms with van der Waals surface area (Å²) in [7, 11) is 3.91. The van der Waals surface area contributed by atoms with E-state index in [-0.39, 0.29) is 0 Å². The van der Waals surface area contributed by atoms with Gasteiger partial charge in [0.25, 0.3) is 0 Å². The van der Waals surface area contributed by atoms with Gasteiger partial charge < -0.3 is 10.2 Å². The molecule has 0 bridgehead atoms. The van der Waals surface area contributed by atoms with Gasteiger partial charge in [-0.25, -0.2) is 9.97 Å². The van der Waals surface area contributed by atoms with Crippen LogP contribution in [0.5, 0.6) is 0 Å². The Bertz CT molecular complexity index is 563. The van der Waals surface area contributed by atoms with E-state index in [1.807, 2.05) is 20.2 Å². The first-order valence-corrected chi connectivity index (χ1v) is 7.00. The van der Waals surface area contributed by atoms with E-state index >= 15 is 0 Å². The minimum absolute atomic E-state index is 0.859. The van der Waals surface area contributed by atoms with Gasteiger partial charge in [-0.1, -0.05) is 24.6 Å². The number of rotatable bonds is 5. The Labute approximate surface area is 120 Å². The Kier molecular flexibility index (Phi) is 4.56. The highest BCUT2D eigenvalue weighted by Crippen LogP contribution is 2.24. The fourth-order valence-corrected chi connectivity index (χ4v) is 2.02. The lowest BCUT2D eigenvalue weighted by Gasteiger charge is -2.20. The van der Waals surface area contributed by atoms with Crippen LogP contribution in [0.3, 0.4) is 0 Å². The van der Waals surface area contributed by atoms with E-state index in [0.29, 0.717) is 0 Å². The summed E-state index contributed by atoms with van der Waals surface area (Å²) < 4.78 is 0. The van der Waals surface area contributed by atoms with Crippen LogP contribution < -0.4 is 10.2 Å². The summed E-state index contributed by atoms with van der Waals surface area (Å²) in [5.74, 6) is 2.65. The number of aryl methyl sites for hydroxylation is 2. The third-order valence-corrected chi connectivity index (χ3v) is 3.25. The molecule has 0 amide bonds. The topological polar surface area (TPSA) is 41.1 Å². The SMILES string of the molecule is CCCc1nc(NC)cc(N(C)c2ccc(C)cc2)n1. The van der Waals surface area contributed by atoms with Gasteiger partial charge in [-0.05, 0) is 25.5 Å². The van der Waals surface area contributed by atoms with Crippen LogP contribution in [-0.4, -0.2) is 24.1 Å². The van der Waals surface area contributed by atoms with Gasteiger partial charge in [0.15, 0.2) is 0 Å². The highest BCUT2D eigenvalue weighted by Gasteiger charge is 2.09. The number of benzene rings is 1. The zero-order valence-electron chi connectivity index (χ0n) is 12.6. The van der Waals surface area contributed by atoms with Gasteiger partial charge in [0.2, 0.25) is 0 Å². The van der Waals surface area contributed by atoms with Crippen molar-refractivity contribution in [3.8, 4) is 0 Å². The van der Waals surface area contributed by atoms with Crippen molar-refractivity contribution in [3.05, 3.63) is 41.7 Å². The van der Waals surface area contributed by atoms with Crippen molar-refractivity contribution in [2.24, 2.45) is 0 Å². The van der Waals surface area contributed by atoms with Crippen LogP contribution in [0, 0.1) is 6.92 Å². The Morgan fingerprint density at radius 1 is 1.15 bits per heavy atom.